The predicted molar refractivity (Wildman–Crippen MR) is 209 cm³/mol. The number of anilines is 1. The van der Waals surface area contributed by atoms with Crippen LogP contribution in [0.4, 0.5) is 5.69 Å². The zero-order valence-corrected chi connectivity index (χ0v) is 30.4. The molecule has 6 aliphatic carbocycles. The van der Waals surface area contributed by atoms with Crippen LogP contribution in [0.1, 0.15) is 51.5 Å². The Morgan fingerprint density at radius 1 is 0.745 bits per heavy atom. The first-order valence-electron chi connectivity index (χ1n) is 19.8. The molecule has 9 aliphatic rings. The molecule has 0 saturated carbocycles. The maximum absolute atomic E-state index is 5.48. The molecule has 3 fully saturated rings. The highest BCUT2D eigenvalue weighted by atomic mass is 15.8. The van der Waals surface area contributed by atoms with Crippen molar-refractivity contribution in [1.82, 2.24) is 5.01 Å². The summed E-state index contributed by atoms with van der Waals surface area (Å²) in [6.45, 7) is 6.85. The minimum Gasteiger partial charge on any atom is -0.546 e. The molecule has 3 saturated heterocycles. The molecule has 0 radical (unpaired) electrons. The number of hydrogen-bond acceptors (Lipinski definition) is 2. The van der Waals surface area contributed by atoms with Gasteiger partial charge >= 0.3 is 0 Å². The molecule has 51 heavy (non-hydrogen) atoms. The van der Waals surface area contributed by atoms with Gasteiger partial charge in [-0.15, -0.1) is 5.01 Å². The molecule has 3 heterocycles. The number of hydrogen-bond donors (Lipinski definition) is 1. The lowest BCUT2D eigenvalue weighted by Gasteiger charge is -2.63. The molecule has 260 valence electrons. The van der Waals surface area contributed by atoms with E-state index in [0.717, 1.165) is 19.3 Å². The Balaban J connectivity index is 0.972. The molecule has 4 heteroatoms. The summed E-state index contributed by atoms with van der Waals surface area (Å²) in [5.74, 6) is 2.98. The van der Waals surface area contributed by atoms with Crippen LogP contribution in [0, 0.1) is 42.4 Å². The highest BCUT2D eigenvalue weighted by Crippen LogP contribution is 2.50. The van der Waals surface area contributed by atoms with Crippen LogP contribution in [0.15, 0.2) is 156 Å². The van der Waals surface area contributed by atoms with E-state index in [9.17, 15) is 0 Å². The van der Waals surface area contributed by atoms with Crippen molar-refractivity contribution in [3.63, 3.8) is 0 Å². The van der Waals surface area contributed by atoms with Crippen molar-refractivity contribution >= 4 is 5.69 Å². The van der Waals surface area contributed by atoms with Gasteiger partial charge in [0.1, 0.15) is 0 Å². The van der Waals surface area contributed by atoms with E-state index < -0.39 is 0 Å². The molecule has 10 rings (SSSR count). The molecule has 0 bridgehead atoms. The zero-order valence-electron chi connectivity index (χ0n) is 30.4. The average molecular weight is 673 g/mol. The highest BCUT2D eigenvalue weighted by molar-refractivity contribution is 5.66. The number of aryl methyl sites for hydroxylation is 1. The lowest BCUT2D eigenvalue weighted by atomic mass is 9.76. The second-order valence-corrected chi connectivity index (χ2v) is 16.6. The van der Waals surface area contributed by atoms with E-state index in [4.69, 9.17) is 5.32 Å². The van der Waals surface area contributed by atoms with Gasteiger partial charge in [-0.3, -0.25) is 5.01 Å². The van der Waals surface area contributed by atoms with E-state index in [1.54, 1.807) is 5.57 Å². The Hall–Kier alpha value is -3.96. The van der Waals surface area contributed by atoms with Gasteiger partial charge in [0.25, 0.3) is 0 Å². The molecular formula is C47H52N4. The first-order valence-corrected chi connectivity index (χ1v) is 19.8. The number of rotatable bonds is 5. The van der Waals surface area contributed by atoms with E-state index in [1.807, 2.05) is 0 Å². The predicted octanol–water partition coefficient (Wildman–Crippen LogP) is 8.77. The molecule has 1 N–H and O–H groups in total. The van der Waals surface area contributed by atoms with E-state index in [-0.39, 0.29) is 12.3 Å². The molecule has 1 aromatic carbocycles. The topological polar surface area (TPSA) is 25.0 Å². The number of allylic oxidation sites excluding steroid dienone is 12. The number of benzene rings is 1. The van der Waals surface area contributed by atoms with Crippen molar-refractivity contribution in [2.24, 2.45) is 35.5 Å². The number of nitrogens with zero attached hydrogens (tertiary/aromatic N) is 3. The monoisotopic (exact) mass is 672 g/mol. The van der Waals surface area contributed by atoms with E-state index >= 15 is 0 Å². The van der Waals surface area contributed by atoms with Crippen LogP contribution in [0.25, 0.3) is 5.32 Å². The molecule has 0 spiro atoms. The maximum Gasteiger partial charge on any atom is 0.0844 e. The normalized spacial score (nSPS) is 40.4. The van der Waals surface area contributed by atoms with Crippen molar-refractivity contribution in [3.05, 3.63) is 166 Å². The quantitative estimate of drug-likeness (QED) is 0.317. The standard InChI is InChI=1S/C47H51N4/c1-30-15-19-33(20-16-30)46-48-47(34-21-17-31(2)18-22-34)51(46)50-44-14-7-5-12-39(44)41-29-36(24-26-45(41)50)35-23-25-43-40(28-35)38-11-4-6-13-42(38)49(43)37-10-8-9-32(3)27-37/h4-5,7-12,14-15,17,19-22,24-31,35,38-39,41-42,44-47H,6,13,16,18,23H2,1-3H3/q-1/p+1. The van der Waals surface area contributed by atoms with Gasteiger partial charge in [-0.25, -0.2) is 0 Å². The lowest BCUT2D eigenvalue weighted by molar-refractivity contribution is -1.07. The summed E-state index contributed by atoms with van der Waals surface area (Å²) < 4.78 is 0. The number of fused-ring (bicyclic) bond motifs is 6. The zero-order chi connectivity index (χ0) is 34.2. The van der Waals surface area contributed by atoms with E-state index in [2.05, 4.69) is 158 Å². The molecule has 1 aromatic rings. The van der Waals surface area contributed by atoms with Crippen molar-refractivity contribution in [1.29, 1.82) is 0 Å². The highest BCUT2D eigenvalue weighted by Gasteiger charge is 2.55. The smallest absolute Gasteiger partial charge is 0.0844 e. The van der Waals surface area contributed by atoms with Gasteiger partial charge in [-0.1, -0.05) is 129 Å². The minimum atomic E-state index is 0.145. The Labute approximate surface area is 305 Å². The first-order chi connectivity index (χ1) is 25.0. The second kappa shape index (κ2) is 12.6. The Morgan fingerprint density at radius 2 is 1.49 bits per heavy atom. The van der Waals surface area contributed by atoms with Crippen LogP contribution in [0.5, 0.6) is 0 Å². The summed E-state index contributed by atoms with van der Waals surface area (Å²) in [5, 5.41) is 9.82. The molecular weight excluding hydrogens is 621 g/mol. The second-order valence-electron chi connectivity index (χ2n) is 16.6. The molecule has 0 aromatic heterocycles. The van der Waals surface area contributed by atoms with Gasteiger partial charge in [-0.2, -0.15) is 0 Å². The fourth-order valence-corrected chi connectivity index (χ4v) is 10.6. The average Bonchev–Trinajstić information content (AvgIpc) is 3.65. The van der Waals surface area contributed by atoms with Crippen LogP contribution >= 0.6 is 0 Å². The SMILES string of the molecule is Cc1cccc(N2C3=CCC(C4=CC5C6C=CC=CC6N([NH+]6C(C7=CCC(C)C=C7)[N-]C6C6=CCC(C)C=C6)C5C=C4)C=C3C3C=CCCC32)c1. The largest absolute Gasteiger partial charge is 0.546 e. The van der Waals surface area contributed by atoms with Crippen LogP contribution < -0.4 is 9.91 Å². The Bertz CT molecular complexity index is 1900. The number of nitrogens with one attached hydrogen (secondary N) is 1. The third-order valence-corrected chi connectivity index (χ3v) is 13.3. The van der Waals surface area contributed by atoms with Crippen molar-refractivity contribution in [2.45, 2.75) is 83.3 Å². The summed E-state index contributed by atoms with van der Waals surface area (Å²) in [6, 6.07) is 10.3. The Morgan fingerprint density at radius 3 is 2.24 bits per heavy atom. The van der Waals surface area contributed by atoms with Crippen molar-refractivity contribution in [3.8, 4) is 0 Å². The van der Waals surface area contributed by atoms with Gasteiger partial charge in [0.15, 0.2) is 0 Å². The fraction of sp³-hybridized carbons (Fsp3) is 0.404. The van der Waals surface area contributed by atoms with Crippen molar-refractivity contribution < 1.29 is 5.01 Å². The third kappa shape index (κ3) is 5.28. The maximum atomic E-state index is 5.48. The Kier molecular flexibility index (Phi) is 7.85. The summed E-state index contributed by atoms with van der Waals surface area (Å²) in [6.07, 6.45) is 47.9. The number of quaternary nitrogens is 1. The van der Waals surface area contributed by atoms with Crippen molar-refractivity contribution in [2.75, 3.05) is 4.90 Å². The van der Waals surface area contributed by atoms with Crippen LogP contribution in [-0.2, 0) is 0 Å². The molecule has 11 atom stereocenters. The van der Waals surface area contributed by atoms with Gasteiger partial charge < -0.3 is 10.2 Å². The third-order valence-electron chi connectivity index (χ3n) is 13.3. The van der Waals surface area contributed by atoms with Gasteiger partial charge in [0, 0.05) is 41.1 Å². The summed E-state index contributed by atoms with van der Waals surface area (Å²) in [7, 11) is 0. The summed E-state index contributed by atoms with van der Waals surface area (Å²) in [5.41, 5.74) is 9.96. The van der Waals surface area contributed by atoms with Crippen LogP contribution in [0.2, 0.25) is 0 Å². The summed E-state index contributed by atoms with van der Waals surface area (Å²) >= 11 is 0. The van der Waals surface area contributed by atoms with Gasteiger partial charge in [0.05, 0.1) is 24.4 Å². The fourth-order valence-electron chi connectivity index (χ4n) is 10.6. The molecule has 11 unspecified atom stereocenters. The van der Waals surface area contributed by atoms with E-state index in [0.29, 0.717) is 53.6 Å². The molecule has 0 amide bonds. The van der Waals surface area contributed by atoms with Gasteiger partial charge in [-0.05, 0) is 90.9 Å². The van der Waals surface area contributed by atoms with Crippen LogP contribution in [-0.4, -0.2) is 35.5 Å². The van der Waals surface area contributed by atoms with Gasteiger partial charge in [0.2, 0.25) is 0 Å². The molecule has 4 nitrogen and oxygen atoms in total. The van der Waals surface area contributed by atoms with Crippen LogP contribution in [0.3, 0.4) is 0 Å². The minimum absolute atomic E-state index is 0.145. The first kappa shape index (κ1) is 31.7. The van der Waals surface area contributed by atoms with E-state index in [1.165, 1.54) is 51.5 Å². The molecule has 3 aliphatic heterocycles. The summed E-state index contributed by atoms with van der Waals surface area (Å²) in [4.78, 5) is 2.67. The lowest BCUT2D eigenvalue weighted by Crippen LogP contribution is -3.31.